The van der Waals surface area contributed by atoms with Gasteiger partial charge in [-0.15, -0.1) is 0 Å². The third-order valence-corrected chi connectivity index (χ3v) is 4.49. The molecule has 0 bridgehead atoms. The van der Waals surface area contributed by atoms with Gasteiger partial charge in [0, 0.05) is 34.8 Å². The van der Waals surface area contributed by atoms with Crippen LogP contribution < -0.4 is 10.9 Å². The molecule has 1 unspecified atom stereocenters. The lowest BCUT2D eigenvalue weighted by atomic mass is 10.1. The van der Waals surface area contributed by atoms with Gasteiger partial charge in [-0.25, -0.2) is 9.67 Å². The van der Waals surface area contributed by atoms with E-state index >= 15 is 0 Å². The van der Waals surface area contributed by atoms with E-state index < -0.39 is 6.23 Å². The Morgan fingerprint density at radius 3 is 2.70 bits per heavy atom. The lowest BCUT2D eigenvalue weighted by molar-refractivity contribution is 0.111. The number of H-pyrrole nitrogens is 1. The summed E-state index contributed by atoms with van der Waals surface area (Å²) in [7, 11) is 0. The number of pyridine rings is 2. The molecule has 8 nitrogen and oxygen atoms in total. The number of nitrogens with one attached hydrogen (secondary N) is 2. The Balaban J connectivity index is 1.95. The van der Waals surface area contributed by atoms with Gasteiger partial charge < -0.3 is 10.1 Å². The van der Waals surface area contributed by atoms with Crippen LogP contribution in [0.15, 0.2) is 23.1 Å². The maximum Gasteiger partial charge on any atom is 0.252 e. The van der Waals surface area contributed by atoms with Gasteiger partial charge >= 0.3 is 0 Å². The topological polar surface area (TPSA) is 113 Å². The fraction of sp³-hybridized carbons (Fsp3) is 0.368. The van der Waals surface area contributed by atoms with Gasteiger partial charge in [0.2, 0.25) is 0 Å². The molecule has 3 aromatic heterocycles. The first-order valence-electron chi connectivity index (χ1n) is 8.76. The Labute approximate surface area is 156 Å². The number of aromatic nitrogens is 4. The highest BCUT2D eigenvalue weighted by Crippen LogP contribution is 2.24. The molecule has 3 aromatic rings. The Morgan fingerprint density at radius 1 is 1.33 bits per heavy atom. The molecule has 0 spiro atoms. The van der Waals surface area contributed by atoms with Crippen LogP contribution in [-0.2, 0) is 6.54 Å². The van der Waals surface area contributed by atoms with Crippen molar-refractivity contribution in [1.29, 1.82) is 0 Å². The van der Waals surface area contributed by atoms with Crippen LogP contribution >= 0.6 is 0 Å². The minimum absolute atomic E-state index is 0.0589. The number of aryl methyl sites for hydroxylation is 2. The van der Waals surface area contributed by atoms with Crippen molar-refractivity contribution < 1.29 is 9.90 Å². The average molecular weight is 369 g/mol. The summed E-state index contributed by atoms with van der Waals surface area (Å²) in [5.41, 5.74) is 3.24. The lowest BCUT2D eigenvalue weighted by Gasteiger charge is -2.16. The molecule has 0 aliphatic heterocycles. The number of nitrogens with zero attached hydrogens (tertiary/aromatic N) is 3. The second kappa shape index (κ2) is 7.42. The molecular formula is C19H23N5O3. The molecule has 27 heavy (non-hydrogen) atoms. The molecule has 1 atom stereocenters. The van der Waals surface area contributed by atoms with Crippen molar-refractivity contribution in [3.05, 3.63) is 56.8 Å². The zero-order valence-corrected chi connectivity index (χ0v) is 15.8. The molecular weight excluding hydrogens is 346 g/mol. The molecule has 0 saturated carbocycles. The number of carbonyl (C=O) groups excluding carboxylic acids is 1. The van der Waals surface area contributed by atoms with Gasteiger partial charge in [-0.05, 0) is 45.4 Å². The van der Waals surface area contributed by atoms with Crippen molar-refractivity contribution >= 4 is 17.3 Å². The number of aliphatic hydroxyl groups is 1. The van der Waals surface area contributed by atoms with Crippen LogP contribution in [-0.4, -0.2) is 31.1 Å². The monoisotopic (exact) mass is 369 g/mol. The highest BCUT2D eigenvalue weighted by molar-refractivity contribution is 5.84. The smallest absolute Gasteiger partial charge is 0.252 e. The fourth-order valence-corrected chi connectivity index (χ4v) is 3.14. The van der Waals surface area contributed by atoms with Gasteiger partial charge in [0.1, 0.15) is 11.9 Å². The minimum Gasteiger partial charge on any atom is -0.374 e. The maximum atomic E-state index is 12.2. The molecule has 0 aliphatic carbocycles. The highest BCUT2D eigenvalue weighted by atomic mass is 16.3. The summed E-state index contributed by atoms with van der Waals surface area (Å²) in [6.45, 7) is 7.78. The van der Waals surface area contributed by atoms with Crippen LogP contribution in [0, 0.1) is 13.8 Å². The Morgan fingerprint density at radius 2 is 2.07 bits per heavy atom. The summed E-state index contributed by atoms with van der Waals surface area (Å²) >= 11 is 0. The van der Waals surface area contributed by atoms with Crippen LogP contribution in [0.25, 0.3) is 11.0 Å². The van der Waals surface area contributed by atoms with Gasteiger partial charge in [0.05, 0.1) is 6.20 Å². The zero-order chi connectivity index (χ0) is 19.7. The van der Waals surface area contributed by atoms with E-state index in [0.29, 0.717) is 28.4 Å². The fourth-order valence-electron chi connectivity index (χ4n) is 3.14. The Kier molecular flexibility index (Phi) is 5.20. The van der Waals surface area contributed by atoms with Crippen LogP contribution in [0.5, 0.6) is 0 Å². The van der Waals surface area contributed by atoms with Crippen molar-refractivity contribution in [2.45, 2.75) is 46.5 Å². The second-order valence-electron chi connectivity index (χ2n) is 6.90. The van der Waals surface area contributed by atoms with Gasteiger partial charge in [-0.3, -0.25) is 14.9 Å². The molecule has 0 aliphatic rings. The third kappa shape index (κ3) is 3.67. The van der Waals surface area contributed by atoms with Crippen molar-refractivity contribution in [1.82, 2.24) is 25.1 Å². The minimum atomic E-state index is -1.08. The number of fused-ring (bicyclic) bond motifs is 1. The van der Waals surface area contributed by atoms with Crippen LogP contribution in [0.3, 0.4) is 0 Å². The van der Waals surface area contributed by atoms with Crippen LogP contribution in [0.1, 0.15) is 59.0 Å². The van der Waals surface area contributed by atoms with Gasteiger partial charge in [-0.1, -0.05) is 0 Å². The number of rotatable bonds is 6. The summed E-state index contributed by atoms with van der Waals surface area (Å²) in [4.78, 5) is 30.5. The average Bonchev–Trinajstić information content (AvgIpc) is 3.03. The molecule has 0 amide bonds. The van der Waals surface area contributed by atoms with Crippen molar-refractivity contribution in [3.8, 4) is 0 Å². The molecule has 8 heteroatoms. The molecule has 0 aromatic carbocycles. The van der Waals surface area contributed by atoms with E-state index in [4.69, 9.17) is 0 Å². The standard InChI is InChI=1S/C19H23N5O3/c1-10(2)24-17-16(8-21-24)14(6-13(9-25)23-17)18(26)20-7-15-11(3)5-12(4)22-19(15)27/h5-6,8-10,18,20,26H,7H2,1-4H3,(H,22,27). The number of hydrogen-bond acceptors (Lipinski definition) is 6. The van der Waals surface area contributed by atoms with Crippen LogP contribution in [0.2, 0.25) is 0 Å². The molecule has 142 valence electrons. The number of aromatic amines is 1. The molecule has 0 saturated heterocycles. The first-order chi connectivity index (χ1) is 12.8. The van der Waals surface area contributed by atoms with Gasteiger partial charge in [-0.2, -0.15) is 5.10 Å². The summed E-state index contributed by atoms with van der Waals surface area (Å²) in [5, 5.41) is 18.6. The maximum absolute atomic E-state index is 12.2. The number of carbonyl (C=O) groups is 1. The van der Waals surface area contributed by atoms with E-state index in [1.165, 1.54) is 6.07 Å². The summed E-state index contributed by atoms with van der Waals surface area (Å²) in [6.07, 6.45) is 1.18. The van der Waals surface area contributed by atoms with Crippen molar-refractivity contribution in [2.24, 2.45) is 0 Å². The Hall–Kier alpha value is -2.84. The summed E-state index contributed by atoms with van der Waals surface area (Å²) in [6, 6.07) is 3.47. The molecule has 3 N–H and O–H groups in total. The van der Waals surface area contributed by atoms with Crippen LogP contribution in [0.4, 0.5) is 0 Å². The summed E-state index contributed by atoms with van der Waals surface area (Å²) < 4.78 is 1.70. The Bertz CT molecular complexity index is 1050. The van der Waals surface area contributed by atoms with Crippen molar-refractivity contribution in [3.63, 3.8) is 0 Å². The largest absolute Gasteiger partial charge is 0.374 e. The number of aldehydes is 1. The van der Waals surface area contributed by atoms with E-state index in [1.807, 2.05) is 33.8 Å². The third-order valence-electron chi connectivity index (χ3n) is 4.49. The zero-order valence-electron chi connectivity index (χ0n) is 15.8. The van der Waals surface area contributed by atoms with E-state index in [1.54, 1.807) is 10.9 Å². The quantitative estimate of drug-likeness (QED) is 0.452. The van der Waals surface area contributed by atoms with E-state index in [-0.39, 0.29) is 23.8 Å². The second-order valence-corrected chi connectivity index (χ2v) is 6.90. The summed E-state index contributed by atoms with van der Waals surface area (Å²) in [5.74, 6) is 0. The van der Waals surface area contributed by atoms with E-state index in [2.05, 4.69) is 20.4 Å². The first kappa shape index (κ1) is 18.9. The number of aliphatic hydroxyl groups excluding tert-OH is 1. The van der Waals surface area contributed by atoms with Gasteiger partial charge in [0.25, 0.3) is 5.56 Å². The normalized spacial score (nSPS) is 12.7. The van der Waals surface area contributed by atoms with E-state index in [0.717, 1.165) is 11.3 Å². The van der Waals surface area contributed by atoms with E-state index in [9.17, 15) is 14.7 Å². The SMILES string of the molecule is Cc1cc(C)c(CNC(O)c2cc(C=O)nc3c2cnn3C(C)C)c(=O)[nH]1. The molecule has 3 heterocycles. The highest BCUT2D eigenvalue weighted by Gasteiger charge is 2.18. The molecule has 0 fully saturated rings. The lowest BCUT2D eigenvalue weighted by Crippen LogP contribution is -2.26. The molecule has 3 rings (SSSR count). The van der Waals surface area contributed by atoms with Gasteiger partial charge in [0.15, 0.2) is 11.9 Å². The molecule has 0 radical (unpaired) electrons. The van der Waals surface area contributed by atoms with Crippen molar-refractivity contribution in [2.75, 3.05) is 0 Å². The number of hydrogen-bond donors (Lipinski definition) is 3. The predicted molar refractivity (Wildman–Crippen MR) is 102 cm³/mol. The first-order valence-corrected chi connectivity index (χ1v) is 8.76. The predicted octanol–water partition coefficient (Wildman–Crippen LogP) is 1.91.